The summed E-state index contributed by atoms with van der Waals surface area (Å²) in [5, 5.41) is 11.0. The van der Waals surface area contributed by atoms with Crippen LogP contribution in [0.4, 0.5) is 17.2 Å². The van der Waals surface area contributed by atoms with E-state index in [-0.39, 0.29) is 5.91 Å². The van der Waals surface area contributed by atoms with E-state index < -0.39 is 0 Å². The second-order valence-electron chi connectivity index (χ2n) is 7.21. The van der Waals surface area contributed by atoms with Crippen LogP contribution in [-0.2, 0) is 12.8 Å². The maximum absolute atomic E-state index is 13.2. The highest BCUT2D eigenvalue weighted by atomic mass is 16.1. The van der Waals surface area contributed by atoms with Crippen LogP contribution < -0.4 is 10.6 Å². The van der Waals surface area contributed by atoms with Crippen LogP contribution in [0.15, 0.2) is 66.9 Å². The Morgan fingerprint density at radius 2 is 1.59 bits per heavy atom. The maximum Gasteiger partial charge on any atom is 0.263 e. The van der Waals surface area contributed by atoms with Gasteiger partial charge in [0.25, 0.3) is 5.91 Å². The molecule has 0 bridgehead atoms. The molecular weight excluding hydrogens is 362 g/mol. The lowest BCUT2D eigenvalue weighted by molar-refractivity contribution is 0.102. The van der Waals surface area contributed by atoms with Crippen LogP contribution in [0.2, 0.25) is 0 Å². The van der Waals surface area contributed by atoms with Crippen molar-refractivity contribution >= 4 is 28.7 Å². The number of hydrogen-bond donors (Lipinski definition) is 2. The van der Waals surface area contributed by atoms with Crippen LogP contribution >= 0.6 is 0 Å². The van der Waals surface area contributed by atoms with Crippen molar-refractivity contribution in [3.8, 4) is 0 Å². The Kier molecular flexibility index (Phi) is 4.44. The van der Waals surface area contributed by atoms with Crippen molar-refractivity contribution in [3.63, 3.8) is 0 Å². The van der Waals surface area contributed by atoms with E-state index in [0.717, 1.165) is 42.8 Å². The smallest absolute Gasteiger partial charge is 0.263 e. The fraction of sp³-hybridized carbons (Fsp3) is 0.174. The summed E-state index contributed by atoms with van der Waals surface area (Å²) in [7, 11) is 0. The predicted molar refractivity (Wildman–Crippen MR) is 114 cm³/mol. The molecule has 0 radical (unpaired) electrons. The Balaban J connectivity index is 1.62. The molecule has 0 unspecified atom stereocenters. The first-order valence-electron chi connectivity index (χ1n) is 9.87. The molecule has 2 N–H and O–H groups in total. The minimum absolute atomic E-state index is 0.229. The molecule has 0 fully saturated rings. The average molecular weight is 383 g/mol. The Labute approximate surface area is 168 Å². The van der Waals surface area contributed by atoms with Gasteiger partial charge in [0.2, 0.25) is 0 Å². The molecule has 0 saturated heterocycles. The third-order valence-corrected chi connectivity index (χ3v) is 5.23. The van der Waals surface area contributed by atoms with Crippen LogP contribution in [0.25, 0.3) is 5.65 Å². The number of carbonyl (C=O) groups excluding carboxylic acids is 1. The number of rotatable bonds is 4. The van der Waals surface area contributed by atoms with Gasteiger partial charge in [-0.1, -0.05) is 36.4 Å². The molecule has 4 aromatic rings. The van der Waals surface area contributed by atoms with Gasteiger partial charge in [-0.15, -0.1) is 5.10 Å². The molecule has 6 heteroatoms. The first-order chi connectivity index (χ1) is 14.3. The topological polar surface area (TPSA) is 71.3 Å². The molecule has 1 aliphatic rings. The number of aryl methyl sites for hydroxylation is 2. The van der Waals surface area contributed by atoms with Crippen LogP contribution in [0.5, 0.6) is 0 Å². The van der Waals surface area contributed by atoms with Crippen molar-refractivity contribution in [2.45, 2.75) is 25.7 Å². The summed E-state index contributed by atoms with van der Waals surface area (Å²) in [6, 6.07) is 19.2. The molecule has 1 amide bonds. The molecule has 2 aromatic heterocycles. The summed E-state index contributed by atoms with van der Waals surface area (Å²) < 4.78 is 1.85. The number of nitrogens with zero attached hydrogens (tertiary/aromatic N) is 3. The molecule has 1 aliphatic carbocycles. The van der Waals surface area contributed by atoms with Gasteiger partial charge in [0.15, 0.2) is 11.5 Å². The Bertz CT molecular complexity index is 1170. The summed E-state index contributed by atoms with van der Waals surface area (Å²) in [6.07, 6.45) is 6.14. The summed E-state index contributed by atoms with van der Waals surface area (Å²) >= 11 is 0. The van der Waals surface area contributed by atoms with Crippen molar-refractivity contribution in [3.05, 3.63) is 83.7 Å². The number of carbonyl (C=O) groups is 1. The lowest BCUT2D eigenvalue weighted by Gasteiger charge is -2.15. The molecule has 29 heavy (non-hydrogen) atoms. The summed E-state index contributed by atoms with van der Waals surface area (Å²) in [5.41, 5.74) is 5.01. The van der Waals surface area contributed by atoms with Gasteiger partial charge in [0, 0.05) is 23.3 Å². The highest BCUT2D eigenvalue weighted by molar-refractivity contribution is 6.12. The number of hydrogen-bond acceptors (Lipinski definition) is 4. The summed E-state index contributed by atoms with van der Waals surface area (Å²) in [4.78, 5) is 17.8. The molecule has 0 spiro atoms. The van der Waals surface area contributed by atoms with Gasteiger partial charge >= 0.3 is 0 Å². The SMILES string of the molecule is O=C(Nc1ccccc1)c1c(Nc2ccccc2)nn2c3c(cnc12)CCCC3. The lowest BCUT2D eigenvalue weighted by Crippen LogP contribution is -2.14. The van der Waals surface area contributed by atoms with Gasteiger partial charge in [0.05, 0.1) is 0 Å². The van der Waals surface area contributed by atoms with Gasteiger partial charge in [0.1, 0.15) is 5.56 Å². The first-order valence-corrected chi connectivity index (χ1v) is 9.87. The highest BCUT2D eigenvalue weighted by Crippen LogP contribution is 2.28. The Hall–Kier alpha value is -3.67. The third kappa shape index (κ3) is 3.33. The molecule has 0 saturated carbocycles. The van der Waals surface area contributed by atoms with E-state index in [2.05, 4.69) is 15.6 Å². The second-order valence-corrected chi connectivity index (χ2v) is 7.21. The van der Waals surface area contributed by atoms with Crippen molar-refractivity contribution in [1.29, 1.82) is 0 Å². The Morgan fingerprint density at radius 1 is 0.897 bits per heavy atom. The van der Waals surface area contributed by atoms with Gasteiger partial charge in [-0.25, -0.2) is 9.50 Å². The van der Waals surface area contributed by atoms with Gasteiger partial charge < -0.3 is 10.6 Å². The number of benzene rings is 2. The average Bonchev–Trinajstić information content (AvgIpc) is 3.13. The number of amides is 1. The zero-order chi connectivity index (χ0) is 19.6. The minimum Gasteiger partial charge on any atom is -0.338 e. The van der Waals surface area contributed by atoms with E-state index in [9.17, 15) is 4.79 Å². The quantitative estimate of drug-likeness (QED) is 0.540. The normalized spacial score (nSPS) is 13.1. The van der Waals surface area contributed by atoms with Crippen LogP contribution in [-0.4, -0.2) is 20.5 Å². The fourth-order valence-corrected chi connectivity index (χ4v) is 3.82. The molecule has 0 atom stereocenters. The molecule has 6 nitrogen and oxygen atoms in total. The van der Waals surface area contributed by atoms with E-state index >= 15 is 0 Å². The molecule has 2 aromatic carbocycles. The highest BCUT2D eigenvalue weighted by Gasteiger charge is 2.25. The van der Waals surface area contributed by atoms with Crippen LogP contribution in [0.1, 0.15) is 34.5 Å². The van der Waals surface area contributed by atoms with Crippen molar-refractivity contribution in [2.75, 3.05) is 10.6 Å². The summed E-state index contributed by atoms with van der Waals surface area (Å²) in [6.45, 7) is 0. The van der Waals surface area contributed by atoms with Crippen LogP contribution in [0.3, 0.4) is 0 Å². The van der Waals surface area contributed by atoms with Crippen molar-refractivity contribution in [1.82, 2.24) is 14.6 Å². The molecule has 2 heterocycles. The largest absolute Gasteiger partial charge is 0.338 e. The Morgan fingerprint density at radius 3 is 2.34 bits per heavy atom. The number of aromatic nitrogens is 3. The number of para-hydroxylation sites is 2. The number of anilines is 3. The minimum atomic E-state index is -0.229. The fourth-order valence-electron chi connectivity index (χ4n) is 3.82. The molecule has 144 valence electrons. The summed E-state index contributed by atoms with van der Waals surface area (Å²) in [5.74, 6) is 0.281. The van der Waals surface area contributed by atoms with Gasteiger partial charge in [-0.2, -0.15) is 0 Å². The predicted octanol–water partition coefficient (Wildman–Crippen LogP) is 4.60. The molecular formula is C23H21N5O. The van der Waals surface area contributed by atoms with E-state index in [1.165, 1.54) is 5.56 Å². The number of fused-ring (bicyclic) bond motifs is 3. The first kappa shape index (κ1) is 17.4. The third-order valence-electron chi connectivity index (χ3n) is 5.23. The lowest BCUT2D eigenvalue weighted by atomic mass is 9.97. The zero-order valence-corrected chi connectivity index (χ0v) is 15.9. The molecule has 0 aliphatic heterocycles. The number of nitrogens with one attached hydrogen (secondary N) is 2. The van der Waals surface area contributed by atoms with E-state index in [4.69, 9.17) is 5.10 Å². The van der Waals surface area contributed by atoms with Crippen molar-refractivity contribution < 1.29 is 4.79 Å². The monoisotopic (exact) mass is 383 g/mol. The van der Waals surface area contributed by atoms with E-state index in [0.29, 0.717) is 17.0 Å². The van der Waals surface area contributed by atoms with E-state index in [1.54, 1.807) is 0 Å². The van der Waals surface area contributed by atoms with Gasteiger partial charge in [-0.05, 0) is 55.5 Å². The standard InChI is InChI=1S/C23H21N5O/c29-23(26-18-12-5-2-6-13-18)20-21(25-17-10-3-1-4-11-17)27-28-19-14-8-7-9-16(19)15-24-22(20)28/h1-6,10-13,15H,7-9,14H2,(H,25,27)(H,26,29). The van der Waals surface area contributed by atoms with Crippen LogP contribution in [0, 0.1) is 0 Å². The van der Waals surface area contributed by atoms with E-state index in [1.807, 2.05) is 71.4 Å². The van der Waals surface area contributed by atoms with Gasteiger partial charge in [-0.3, -0.25) is 4.79 Å². The second kappa shape index (κ2) is 7.39. The molecule has 5 rings (SSSR count). The maximum atomic E-state index is 13.2. The van der Waals surface area contributed by atoms with Crippen molar-refractivity contribution in [2.24, 2.45) is 0 Å². The zero-order valence-electron chi connectivity index (χ0n) is 15.9.